The van der Waals surface area contributed by atoms with Crippen LogP contribution < -0.4 is 11.3 Å². The van der Waals surface area contributed by atoms with Gasteiger partial charge in [0.05, 0.1) is 0 Å². The van der Waals surface area contributed by atoms with Gasteiger partial charge in [-0.3, -0.25) is 11.3 Å². The summed E-state index contributed by atoms with van der Waals surface area (Å²) in [5.41, 5.74) is 2.99. The van der Waals surface area contributed by atoms with Crippen molar-refractivity contribution in [2.75, 3.05) is 32.8 Å². The highest BCUT2D eigenvalue weighted by molar-refractivity contribution is 4.73. The van der Waals surface area contributed by atoms with Gasteiger partial charge >= 0.3 is 0 Å². The fourth-order valence-electron chi connectivity index (χ4n) is 2.53. The molecule has 3 N–H and O–H groups in total. The Morgan fingerprint density at radius 3 is 2.47 bits per heavy atom. The molecule has 0 radical (unpaired) electrons. The number of nitrogens with zero attached hydrogens (tertiary/aromatic N) is 1. The maximum atomic E-state index is 5.66. The summed E-state index contributed by atoms with van der Waals surface area (Å²) in [4.78, 5) is 2.45. The molecule has 1 unspecified atom stereocenters. The Labute approximate surface area is 106 Å². The van der Waals surface area contributed by atoms with Crippen molar-refractivity contribution in [1.29, 1.82) is 0 Å². The van der Waals surface area contributed by atoms with E-state index in [0.29, 0.717) is 6.04 Å². The van der Waals surface area contributed by atoms with Gasteiger partial charge in [0.2, 0.25) is 0 Å². The lowest BCUT2D eigenvalue weighted by Gasteiger charge is -2.28. The van der Waals surface area contributed by atoms with Crippen LogP contribution in [0.1, 0.15) is 39.5 Å². The molecule has 0 aromatic heterocycles. The van der Waals surface area contributed by atoms with Crippen LogP contribution in [0.15, 0.2) is 0 Å². The van der Waals surface area contributed by atoms with Crippen LogP contribution in [-0.4, -0.2) is 43.8 Å². The van der Waals surface area contributed by atoms with Gasteiger partial charge in [-0.05, 0) is 51.2 Å². The molecular formula is C13H29N3O. The molecule has 1 aliphatic rings. The maximum absolute atomic E-state index is 5.66. The first kappa shape index (κ1) is 14.9. The zero-order chi connectivity index (χ0) is 12.5. The molecule has 1 atom stereocenters. The van der Waals surface area contributed by atoms with Crippen molar-refractivity contribution in [2.24, 2.45) is 11.8 Å². The Morgan fingerprint density at radius 1 is 1.29 bits per heavy atom. The average molecular weight is 243 g/mol. The summed E-state index contributed by atoms with van der Waals surface area (Å²) in [7, 11) is 0. The summed E-state index contributed by atoms with van der Waals surface area (Å²) in [6.45, 7) is 9.69. The smallest absolute Gasteiger partial charge is 0.0468 e. The van der Waals surface area contributed by atoms with Crippen LogP contribution in [0.25, 0.3) is 0 Å². The zero-order valence-electron chi connectivity index (χ0n) is 11.5. The van der Waals surface area contributed by atoms with E-state index in [2.05, 4.69) is 24.2 Å². The van der Waals surface area contributed by atoms with Crippen LogP contribution in [0.2, 0.25) is 0 Å². The second-order valence-electron chi connectivity index (χ2n) is 4.97. The van der Waals surface area contributed by atoms with Gasteiger partial charge in [0, 0.05) is 19.3 Å². The number of rotatable bonds is 8. The number of nitrogens with two attached hydrogens (primary N) is 1. The first-order valence-electron chi connectivity index (χ1n) is 7.06. The van der Waals surface area contributed by atoms with E-state index in [9.17, 15) is 0 Å². The molecule has 17 heavy (non-hydrogen) atoms. The predicted molar refractivity (Wildman–Crippen MR) is 71.7 cm³/mol. The van der Waals surface area contributed by atoms with E-state index >= 15 is 0 Å². The number of hydrogen-bond donors (Lipinski definition) is 2. The van der Waals surface area contributed by atoms with Gasteiger partial charge in [-0.1, -0.05) is 13.8 Å². The molecule has 0 aliphatic carbocycles. The Kier molecular flexibility index (Phi) is 7.77. The molecule has 0 aromatic carbocycles. The van der Waals surface area contributed by atoms with Crippen molar-refractivity contribution in [3.05, 3.63) is 0 Å². The van der Waals surface area contributed by atoms with Crippen molar-refractivity contribution in [3.63, 3.8) is 0 Å². The lowest BCUT2D eigenvalue weighted by atomic mass is 9.91. The number of hydrazine groups is 1. The first-order valence-corrected chi connectivity index (χ1v) is 7.06. The lowest BCUT2D eigenvalue weighted by Crippen LogP contribution is -2.40. The molecule has 1 heterocycles. The topological polar surface area (TPSA) is 50.5 Å². The van der Waals surface area contributed by atoms with E-state index < -0.39 is 0 Å². The van der Waals surface area contributed by atoms with Gasteiger partial charge in [0.1, 0.15) is 0 Å². The van der Waals surface area contributed by atoms with E-state index in [1.165, 1.54) is 19.3 Å². The van der Waals surface area contributed by atoms with E-state index in [0.717, 1.165) is 45.2 Å². The Bertz CT molecular complexity index is 180. The SMILES string of the molecule is CCN(CC)CCC(CC1CCOCC1)NN. The van der Waals surface area contributed by atoms with Crippen molar-refractivity contribution in [3.8, 4) is 0 Å². The fourth-order valence-corrected chi connectivity index (χ4v) is 2.53. The molecule has 0 saturated carbocycles. The minimum atomic E-state index is 0.457. The standard InChI is InChI=1S/C13H29N3O/c1-3-16(4-2)8-5-13(15-14)11-12-6-9-17-10-7-12/h12-13,15H,3-11,14H2,1-2H3. The third kappa shape index (κ3) is 5.82. The molecule has 102 valence electrons. The van der Waals surface area contributed by atoms with Crippen LogP contribution in [0, 0.1) is 5.92 Å². The average Bonchev–Trinajstić information content (AvgIpc) is 2.39. The third-order valence-electron chi connectivity index (χ3n) is 3.88. The summed E-state index contributed by atoms with van der Waals surface area (Å²) >= 11 is 0. The molecule has 0 bridgehead atoms. The molecule has 0 aromatic rings. The minimum Gasteiger partial charge on any atom is -0.381 e. The highest BCUT2D eigenvalue weighted by atomic mass is 16.5. The van der Waals surface area contributed by atoms with Gasteiger partial charge < -0.3 is 9.64 Å². The summed E-state index contributed by atoms with van der Waals surface area (Å²) in [6, 6.07) is 0.457. The molecule has 1 rings (SSSR count). The van der Waals surface area contributed by atoms with E-state index in [1.807, 2.05) is 0 Å². The zero-order valence-corrected chi connectivity index (χ0v) is 11.5. The van der Waals surface area contributed by atoms with Crippen LogP contribution >= 0.6 is 0 Å². The van der Waals surface area contributed by atoms with Gasteiger partial charge in [-0.25, -0.2) is 0 Å². The lowest BCUT2D eigenvalue weighted by molar-refractivity contribution is 0.0597. The minimum absolute atomic E-state index is 0.457. The predicted octanol–water partition coefficient (Wildman–Crippen LogP) is 1.37. The molecule has 0 spiro atoms. The summed E-state index contributed by atoms with van der Waals surface area (Å²) in [5.74, 6) is 6.45. The quantitative estimate of drug-likeness (QED) is 0.499. The van der Waals surface area contributed by atoms with Crippen molar-refractivity contribution in [2.45, 2.75) is 45.6 Å². The molecule has 1 aliphatic heterocycles. The van der Waals surface area contributed by atoms with Crippen molar-refractivity contribution < 1.29 is 4.74 Å². The largest absolute Gasteiger partial charge is 0.381 e. The Morgan fingerprint density at radius 2 is 1.94 bits per heavy atom. The van der Waals surface area contributed by atoms with Crippen molar-refractivity contribution >= 4 is 0 Å². The molecule has 4 heteroatoms. The third-order valence-corrected chi connectivity index (χ3v) is 3.88. The summed E-state index contributed by atoms with van der Waals surface area (Å²) in [5, 5.41) is 0. The van der Waals surface area contributed by atoms with Crippen LogP contribution in [0.5, 0.6) is 0 Å². The van der Waals surface area contributed by atoms with Crippen LogP contribution in [-0.2, 0) is 4.74 Å². The first-order chi connectivity index (χ1) is 8.30. The van der Waals surface area contributed by atoms with Crippen LogP contribution in [0.4, 0.5) is 0 Å². The number of nitrogens with one attached hydrogen (secondary N) is 1. The summed E-state index contributed by atoms with van der Waals surface area (Å²) in [6.07, 6.45) is 4.74. The molecule has 1 saturated heterocycles. The van der Waals surface area contributed by atoms with Gasteiger partial charge in [-0.2, -0.15) is 0 Å². The Hall–Kier alpha value is -0.160. The second kappa shape index (κ2) is 8.86. The van der Waals surface area contributed by atoms with E-state index in [4.69, 9.17) is 10.6 Å². The van der Waals surface area contributed by atoms with Crippen molar-refractivity contribution in [1.82, 2.24) is 10.3 Å². The summed E-state index contributed by atoms with van der Waals surface area (Å²) < 4.78 is 5.39. The molecule has 1 fully saturated rings. The van der Waals surface area contributed by atoms with E-state index in [-0.39, 0.29) is 0 Å². The fraction of sp³-hybridized carbons (Fsp3) is 1.00. The second-order valence-corrected chi connectivity index (χ2v) is 4.97. The highest BCUT2D eigenvalue weighted by Crippen LogP contribution is 2.21. The highest BCUT2D eigenvalue weighted by Gasteiger charge is 2.18. The van der Waals surface area contributed by atoms with Gasteiger partial charge in [0.25, 0.3) is 0 Å². The molecule has 0 amide bonds. The van der Waals surface area contributed by atoms with E-state index in [1.54, 1.807) is 0 Å². The van der Waals surface area contributed by atoms with Gasteiger partial charge in [-0.15, -0.1) is 0 Å². The Balaban J connectivity index is 2.22. The van der Waals surface area contributed by atoms with Crippen LogP contribution in [0.3, 0.4) is 0 Å². The van der Waals surface area contributed by atoms with Gasteiger partial charge in [0.15, 0.2) is 0 Å². The number of ether oxygens (including phenoxy) is 1. The maximum Gasteiger partial charge on any atom is 0.0468 e. The normalized spacial score (nSPS) is 19.8. The molecular weight excluding hydrogens is 214 g/mol. The monoisotopic (exact) mass is 243 g/mol. The molecule has 4 nitrogen and oxygen atoms in total. The number of hydrogen-bond acceptors (Lipinski definition) is 4.